The maximum atomic E-state index is 13.2. The van der Waals surface area contributed by atoms with Gasteiger partial charge in [-0.25, -0.2) is 0 Å². The fraction of sp³-hybridized carbons (Fsp3) is 0.545. The minimum atomic E-state index is -3.02. The maximum Gasteiger partial charge on any atom is 0.387 e. The summed E-state index contributed by atoms with van der Waals surface area (Å²) in [6.45, 7) is 0.622. The average molecular weight is 448 g/mol. The summed E-state index contributed by atoms with van der Waals surface area (Å²) in [5, 5.41) is 3.84. The number of para-hydroxylation sites is 1. The molecule has 2 aliphatic heterocycles. The van der Waals surface area contributed by atoms with E-state index in [9.17, 15) is 18.4 Å². The van der Waals surface area contributed by atoms with E-state index in [4.69, 9.17) is 4.52 Å². The Morgan fingerprint density at radius 2 is 1.88 bits per heavy atom. The second-order valence-electron chi connectivity index (χ2n) is 8.27. The molecular formula is C22H26F2N4O4. The number of amides is 2. The lowest BCUT2D eigenvalue weighted by molar-refractivity contribution is -0.138. The number of nitrogens with zero attached hydrogens (tertiary/aromatic N) is 4. The van der Waals surface area contributed by atoms with Crippen molar-refractivity contribution in [3.8, 4) is 5.75 Å². The molecular weight excluding hydrogens is 422 g/mol. The highest BCUT2D eigenvalue weighted by Gasteiger charge is 2.35. The molecule has 2 amide bonds. The number of hydrogen-bond acceptors (Lipinski definition) is 6. The number of carbonyl (C=O) groups is 2. The van der Waals surface area contributed by atoms with Gasteiger partial charge in [-0.1, -0.05) is 17.3 Å². The minimum Gasteiger partial charge on any atom is -0.434 e. The molecule has 0 N–H and O–H groups in total. The zero-order valence-corrected chi connectivity index (χ0v) is 17.9. The molecule has 3 heterocycles. The molecule has 0 unspecified atom stereocenters. The van der Waals surface area contributed by atoms with Crippen LogP contribution in [0.2, 0.25) is 0 Å². The van der Waals surface area contributed by atoms with Crippen molar-refractivity contribution in [2.45, 2.75) is 45.1 Å². The molecule has 1 aromatic carbocycles. The van der Waals surface area contributed by atoms with Gasteiger partial charge in [0.05, 0.1) is 17.4 Å². The molecule has 8 nitrogen and oxygen atoms in total. The smallest absolute Gasteiger partial charge is 0.387 e. The Bertz CT molecular complexity index is 967. The van der Waals surface area contributed by atoms with Gasteiger partial charge in [-0.2, -0.15) is 13.8 Å². The van der Waals surface area contributed by atoms with Crippen LogP contribution in [0.3, 0.4) is 0 Å². The van der Waals surface area contributed by atoms with Crippen LogP contribution in [-0.2, 0) is 4.79 Å². The first-order valence-electron chi connectivity index (χ1n) is 10.8. The molecule has 2 aromatic rings. The third-order valence-corrected chi connectivity index (χ3v) is 6.02. The summed E-state index contributed by atoms with van der Waals surface area (Å²) in [5.41, 5.74) is 0.0747. The van der Waals surface area contributed by atoms with Crippen molar-refractivity contribution in [1.82, 2.24) is 19.9 Å². The van der Waals surface area contributed by atoms with E-state index in [0.717, 1.165) is 12.8 Å². The van der Waals surface area contributed by atoms with Gasteiger partial charge in [0.2, 0.25) is 11.8 Å². The van der Waals surface area contributed by atoms with Gasteiger partial charge in [-0.3, -0.25) is 9.59 Å². The average Bonchev–Trinajstić information content (AvgIpc) is 3.24. The molecule has 0 saturated carbocycles. The molecule has 4 rings (SSSR count). The molecule has 172 valence electrons. The number of carbonyl (C=O) groups excluding carboxylic acids is 2. The van der Waals surface area contributed by atoms with Crippen LogP contribution in [0.1, 0.15) is 53.7 Å². The van der Waals surface area contributed by atoms with Crippen molar-refractivity contribution in [3.63, 3.8) is 0 Å². The summed E-state index contributed by atoms with van der Waals surface area (Å²) in [6, 6.07) is 5.95. The van der Waals surface area contributed by atoms with Crippen molar-refractivity contribution in [2.24, 2.45) is 5.92 Å². The molecule has 2 aliphatic rings. The molecule has 2 fully saturated rings. The lowest BCUT2D eigenvalue weighted by Gasteiger charge is -2.37. The number of piperidine rings is 2. The zero-order chi connectivity index (χ0) is 22.7. The van der Waals surface area contributed by atoms with E-state index in [2.05, 4.69) is 14.9 Å². The highest BCUT2D eigenvalue weighted by molar-refractivity contribution is 5.97. The van der Waals surface area contributed by atoms with Gasteiger partial charge in [0.15, 0.2) is 5.82 Å². The Balaban J connectivity index is 1.42. The molecule has 1 aromatic heterocycles. The highest BCUT2D eigenvalue weighted by atomic mass is 19.3. The van der Waals surface area contributed by atoms with Crippen molar-refractivity contribution in [2.75, 3.05) is 26.2 Å². The topological polar surface area (TPSA) is 88.8 Å². The van der Waals surface area contributed by atoms with Gasteiger partial charge in [0, 0.05) is 26.2 Å². The van der Waals surface area contributed by atoms with Crippen molar-refractivity contribution in [1.29, 1.82) is 0 Å². The van der Waals surface area contributed by atoms with Crippen molar-refractivity contribution >= 4 is 11.8 Å². The number of aromatic nitrogens is 2. The lowest BCUT2D eigenvalue weighted by Crippen LogP contribution is -2.49. The van der Waals surface area contributed by atoms with E-state index >= 15 is 0 Å². The number of aryl methyl sites for hydroxylation is 1. The van der Waals surface area contributed by atoms with Crippen LogP contribution in [0.25, 0.3) is 0 Å². The second-order valence-corrected chi connectivity index (χ2v) is 8.27. The largest absolute Gasteiger partial charge is 0.434 e. The SMILES string of the molecule is Cc1noc([C@@H]2CCCN(C(=O)[C@H]3CCCN(C(=O)c4ccccc4OC(F)F)C3)C2)n1. The van der Waals surface area contributed by atoms with Gasteiger partial charge in [-0.15, -0.1) is 0 Å². The van der Waals surface area contributed by atoms with Crippen molar-refractivity contribution < 1.29 is 27.6 Å². The number of likely N-dealkylation sites (tertiary alicyclic amines) is 2. The van der Waals surface area contributed by atoms with Crippen molar-refractivity contribution in [3.05, 3.63) is 41.5 Å². The molecule has 0 spiro atoms. The van der Waals surface area contributed by atoms with Crippen LogP contribution in [0.15, 0.2) is 28.8 Å². The standard InChI is InChI=1S/C22H26F2N4O4/c1-14-25-19(32-26-14)15-6-4-10-27(12-15)20(29)16-7-5-11-28(13-16)21(30)17-8-2-3-9-18(17)31-22(23)24/h2-3,8-9,15-16,22H,4-7,10-13H2,1H3/t15-,16+/m1/s1. The molecule has 0 aliphatic carbocycles. The Kier molecular flexibility index (Phi) is 6.66. The van der Waals surface area contributed by atoms with Crippen LogP contribution >= 0.6 is 0 Å². The van der Waals surface area contributed by atoms with Crippen LogP contribution in [-0.4, -0.2) is 64.5 Å². The summed E-state index contributed by atoms with van der Waals surface area (Å²) in [5.74, 6) is 0.233. The Hall–Kier alpha value is -3.04. The van der Waals surface area contributed by atoms with Gasteiger partial charge in [-0.05, 0) is 44.7 Å². The molecule has 2 atom stereocenters. The van der Waals surface area contributed by atoms with Gasteiger partial charge in [0.25, 0.3) is 5.91 Å². The summed E-state index contributed by atoms with van der Waals surface area (Å²) < 4.78 is 35.2. The van der Waals surface area contributed by atoms with E-state index in [-0.39, 0.29) is 35.6 Å². The predicted molar refractivity (Wildman–Crippen MR) is 109 cm³/mol. The molecule has 10 heteroatoms. The fourth-order valence-corrected chi connectivity index (χ4v) is 4.49. The summed E-state index contributed by atoms with van der Waals surface area (Å²) in [4.78, 5) is 34.0. The Morgan fingerprint density at radius 1 is 1.12 bits per heavy atom. The van der Waals surface area contributed by atoms with E-state index < -0.39 is 12.5 Å². The normalized spacial score (nSPS) is 21.6. The number of rotatable bonds is 5. The molecule has 0 radical (unpaired) electrons. The van der Waals surface area contributed by atoms with Gasteiger partial charge >= 0.3 is 6.61 Å². The summed E-state index contributed by atoms with van der Waals surface area (Å²) in [6.07, 6.45) is 3.06. The number of alkyl halides is 2. The Labute approximate surface area is 184 Å². The first-order valence-corrected chi connectivity index (χ1v) is 10.8. The highest BCUT2D eigenvalue weighted by Crippen LogP contribution is 2.29. The molecule has 2 saturated heterocycles. The third-order valence-electron chi connectivity index (χ3n) is 6.02. The Morgan fingerprint density at radius 3 is 2.62 bits per heavy atom. The number of benzene rings is 1. The van der Waals surface area contributed by atoms with Crippen LogP contribution in [0, 0.1) is 12.8 Å². The third kappa shape index (κ3) is 4.89. The number of halogens is 2. The predicted octanol–water partition coefficient (Wildman–Crippen LogP) is 3.24. The molecule has 32 heavy (non-hydrogen) atoms. The second kappa shape index (κ2) is 9.62. The quantitative estimate of drug-likeness (QED) is 0.698. The van der Waals surface area contributed by atoms with Gasteiger partial charge < -0.3 is 19.1 Å². The molecule has 0 bridgehead atoms. The zero-order valence-electron chi connectivity index (χ0n) is 17.9. The van der Waals surface area contributed by atoms with E-state index in [0.29, 0.717) is 44.2 Å². The first kappa shape index (κ1) is 22.2. The first-order chi connectivity index (χ1) is 15.4. The summed E-state index contributed by atoms with van der Waals surface area (Å²) in [7, 11) is 0. The van der Waals surface area contributed by atoms with Gasteiger partial charge in [0.1, 0.15) is 5.75 Å². The van der Waals surface area contributed by atoms with E-state index in [1.165, 1.54) is 18.2 Å². The lowest BCUT2D eigenvalue weighted by atomic mass is 9.92. The fourth-order valence-electron chi connectivity index (χ4n) is 4.49. The number of ether oxygens (including phenoxy) is 1. The van der Waals surface area contributed by atoms with E-state index in [1.807, 2.05) is 4.90 Å². The minimum absolute atomic E-state index is 0.000512. The maximum absolute atomic E-state index is 13.2. The monoisotopic (exact) mass is 448 g/mol. The van der Waals surface area contributed by atoms with Crippen LogP contribution in [0.4, 0.5) is 8.78 Å². The number of hydrogen-bond donors (Lipinski definition) is 0. The van der Waals surface area contributed by atoms with E-state index in [1.54, 1.807) is 17.9 Å². The van der Waals surface area contributed by atoms with Crippen LogP contribution in [0.5, 0.6) is 5.75 Å². The van der Waals surface area contributed by atoms with Crippen LogP contribution < -0.4 is 4.74 Å². The summed E-state index contributed by atoms with van der Waals surface area (Å²) >= 11 is 0.